The number of urea groups is 1. The minimum absolute atomic E-state index is 0.235. The molecule has 0 bridgehead atoms. The summed E-state index contributed by atoms with van der Waals surface area (Å²) in [5.74, 6) is 0.705. The van der Waals surface area contributed by atoms with Crippen molar-refractivity contribution in [3.8, 4) is 11.5 Å². The number of hydrogen-bond donors (Lipinski definition) is 2. The highest BCUT2D eigenvalue weighted by molar-refractivity contribution is 7.07. The van der Waals surface area contributed by atoms with Crippen molar-refractivity contribution in [1.82, 2.24) is 19.9 Å². The fourth-order valence-electron chi connectivity index (χ4n) is 2.74. The highest BCUT2D eigenvalue weighted by atomic mass is 35.5. The Balaban J connectivity index is 1.47. The van der Waals surface area contributed by atoms with E-state index in [1.165, 1.54) is 11.3 Å². The van der Waals surface area contributed by atoms with E-state index in [2.05, 4.69) is 20.3 Å². The van der Waals surface area contributed by atoms with Gasteiger partial charge in [-0.2, -0.15) is 0 Å². The van der Waals surface area contributed by atoms with E-state index in [1.807, 2.05) is 29.6 Å². The standard InChI is InChI=1S/C19H15Cl2N5OS/c1-26(8-11-2-4-13(20)14(21)6-11)19(27)23-12-3-5-15-16(7-12)25-18(24-15)17-9-28-10-22-17/h2-7,9-10H,8H2,1H3,(H,23,27)(H,24,25). The Hall–Kier alpha value is -2.61. The maximum Gasteiger partial charge on any atom is 0.321 e. The Morgan fingerprint density at radius 1 is 1.21 bits per heavy atom. The predicted octanol–water partition coefficient (Wildman–Crippen LogP) is 5.66. The van der Waals surface area contributed by atoms with E-state index in [4.69, 9.17) is 23.2 Å². The molecule has 0 fully saturated rings. The Labute approximate surface area is 175 Å². The number of fused-ring (bicyclic) bond motifs is 1. The number of aromatic nitrogens is 3. The number of hydrogen-bond acceptors (Lipinski definition) is 4. The van der Waals surface area contributed by atoms with Crippen molar-refractivity contribution in [2.75, 3.05) is 12.4 Å². The zero-order chi connectivity index (χ0) is 19.7. The highest BCUT2D eigenvalue weighted by Gasteiger charge is 2.12. The maximum atomic E-state index is 12.5. The van der Waals surface area contributed by atoms with Crippen LogP contribution in [0.3, 0.4) is 0 Å². The molecule has 0 spiro atoms. The minimum Gasteiger partial charge on any atom is -0.337 e. The lowest BCUT2D eigenvalue weighted by atomic mass is 10.2. The first-order chi connectivity index (χ1) is 13.5. The number of amides is 2. The molecule has 0 radical (unpaired) electrons. The van der Waals surface area contributed by atoms with Gasteiger partial charge in [0.05, 0.1) is 26.6 Å². The average Bonchev–Trinajstić information content (AvgIpc) is 3.33. The van der Waals surface area contributed by atoms with E-state index in [9.17, 15) is 4.79 Å². The number of thiazole rings is 1. The fraction of sp³-hybridized carbons (Fsp3) is 0.105. The van der Waals surface area contributed by atoms with Gasteiger partial charge in [-0.25, -0.2) is 14.8 Å². The van der Waals surface area contributed by atoms with Crippen LogP contribution in [0.1, 0.15) is 5.56 Å². The quantitative estimate of drug-likeness (QED) is 0.437. The SMILES string of the molecule is CN(Cc1ccc(Cl)c(Cl)c1)C(=O)Nc1ccc2[nH]c(-c3cscn3)nc2c1. The van der Waals surface area contributed by atoms with Crippen LogP contribution >= 0.6 is 34.5 Å². The third-order valence-electron chi connectivity index (χ3n) is 4.16. The van der Waals surface area contributed by atoms with Crippen molar-refractivity contribution in [2.45, 2.75) is 6.54 Å². The van der Waals surface area contributed by atoms with Gasteiger partial charge in [0.25, 0.3) is 0 Å². The second-order valence-corrected chi connectivity index (χ2v) is 7.76. The fourth-order valence-corrected chi connectivity index (χ4v) is 3.59. The number of H-pyrrole nitrogens is 1. The molecule has 2 N–H and O–H groups in total. The van der Waals surface area contributed by atoms with Gasteiger partial charge in [-0.15, -0.1) is 11.3 Å². The summed E-state index contributed by atoms with van der Waals surface area (Å²) in [6, 6.07) is 10.6. The molecule has 6 nitrogen and oxygen atoms in total. The number of halogens is 2. The zero-order valence-electron chi connectivity index (χ0n) is 14.7. The largest absolute Gasteiger partial charge is 0.337 e. The monoisotopic (exact) mass is 431 g/mol. The molecule has 9 heteroatoms. The van der Waals surface area contributed by atoms with Crippen molar-refractivity contribution in [3.05, 3.63) is 62.9 Å². The van der Waals surface area contributed by atoms with Crippen LogP contribution in [0.2, 0.25) is 10.0 Å². The number of anilines is 1. The van der Waals surface area contributed by atoms with Gasteiger partial charge in [0, 0.05) is 24.7 Å². The maximum absolute atomic E-state index is 12.5. The van der Waals surface area contributed by atoms with Crippen LogP contribution in [-0.2, 0) is 6.54 Å². The van der Waals surface area contributed by atoms with E-state index >= 15 is 0 Å². The summed E-state index contributed by atoms with van der Waals surface area (Å²) in [4.78, 5) is 26.1. The molecule has 0 atom stereocenters. The highest BCUT2D eigenvalue weighted by Crippen LogP contribution is 2.24. The topological polar surface area (TPSA) is 73.9 Å². The van der Waals surface area contributed by atoms with Crippen molar-refractivity contribution in [1.29, 1.82) is 0 Å². The minimum atomic E-state index is -0.235. The molecule has 0 saturated heterocycles. The molecule has 142 valence electrons. The molecule has 0 aliphatic carbocycles. The normalized spacial score (nSPS) is 11.0. The Kier molecular flexibility index (Phi) is 5.21. The number of rotatable bonds is 4. The number of nitrogens with zero attached hydrogens (tertiary/aromatic N) is 3. The van der Waals surface area contributed by atoms with Crippen molar-refractivity contribution < 1.29 is 4.79 Å². The van der Waals surface area contributed by atoms with Crippen LogP contribution in [0, 0.1) is 0 Å². The Morgan fingerprint density at radius 2 is 2.07 bits per heavy atom. The average molecular weight is 432 g/mol. The lowest BCUT2D eigenvalue weighted by molar-refractivity contribution is 0.220. The molecule has 2 heterocycles. The second kappa shape index (κ2) is 7.79. The number of aromatic amines is 1. The lowest BCUT2D eigenvalue weighted by Crippen LogP contribution is -2.30. The molecule has 0 unspecified atom stereocenters. The number of carbonyl (C=O) groups excluding carboxylic acids is 1. The Bertz CT molecular complexity index is 1140. The van der Waals surface area contributed by atoms with Gasteiger partial charge in [-0.05, 0) is 35.9 Å². The predicted molar refractivity (Wildman–Crippen MR) is 114 cm³/mol. The van der Waals surface area contributed by atoms with Crippen molar-refractivity contribution in [3.63, 3.8) is 0 Å². The van der Waals surface area contributed by atoms with Gasteiger partial charge in [0.15, 0.2) is 5.82 Å². The van der Waals surface area contributed by atoms with E-state index in [-0.39, 0.29) is 6.03 Å². The van der Waals surface area contributed by atoms with Gasteiger partial charge < -0.3 is 15.2 Å². The molecule has 0 aliphatic rings. The second-order valence-electron chi connectivity index (χ2n) is 6.23. The first kappa shape index (κ1) is 18.7. The smallest absolute Gasteiger partial charge is 0.321 e. The van der Waals surface area contributed by atoms with E-state index in [0.29, 0.717) is 28.1 Å². The van der Waals surface area contributed by atoms with Crippen LogP contribution in [0.25, 0.3) is 22.6 Å². The third kappa shape index (κ3) is 3.96. The Morgan fingerprint density at radius 3 is 2.82 bits per heavy atom. The molecular weight excluding hydrogens is 417 g/mol. The first-order valence-corrected chi connectivity index (χ1v) is 10.0. The van der Waals surface area contributed by atoms with Gasteiger partial charge >= 0.3 is 6.03 Å². The summed E-state index contributed by atoms with van der Waals surface area (Å²) >= 11 is 13.5. The number of carbonyl (C=O) groups is 1. The van der Waals surface area contributed by atoms with E-state index in [0.717, 1.165) is 22.3 Å². The summed E-state index contributed by atoms with van der Waals surface area (Å²) in [6.45, 7) is 0.404. The molecular formula is C19H15Cl2N5OS. The summed E-state index contributed by atoms with van der Waals surface area (Å²) in [6.07, 6.45) is 0. The van der Waals surface area contributed by atoms with Crippen molar-refractivity contribution in [2.24, 2.45) is 0 Å². The molecule has 2 aromatic heterocycles. The lowest BCUT2D eigenvalue weighted by Gasteiger charge is -2.18. The van der Waals surface area contributed by atoms with E-state index in [1.54, 1.807) is 29.6 Å². The van der Waals surface area contributed by atoms with Gasteiger partial charge in [0.2, 0.25) is 0 Å². The summed E-state index contributed by atoms with van der Waals surface area (Å²) < 4.78 is 0. The van der Waals surface area contributed by atoms with Crippen LogP contribution in [-0.4, -0.2) is 32.9 Å². The van der Waals surface area contributed by atoms with Gasteiger partial charge in [-0.1, -0.05) is 29.3 Å². The van der Waals surface area contributed by atoms with Crippen LogP contribution in [0.15, 0.2) is 47.3 Å². The van der Waals surface area contributed by atoms with Crippen molar-refractivity contribution >= 4 is 57.3 Å². The van der Waals surface area contributed by atoms with E-state index < -0.39 is 0 Å². The summed E-state index contributed by atoms with van der Waals surface area (Å²) in [5.41, 5.74) is 5.75. The molecule has 4 aromatic rings. The zero-order valence-corrected chi connectivity index (χ0v) is 17.1. The summed E-state index contributed by atoms with van der Waals surface area (Å²) in [7, 11) is 1.71. The van der Waals surface area contributed by atoms with Crippen LogP contribution in [0.5, 0.6) is 0 Å². The molecule has 28 heavy (non-hydrogen) atoms. The van der Waals surface area contributed by atoms with Crippen LogP contribution in [0.4, 0.5) is 10.5 Å². The number of nitrogens with one attached hydrogen (secondary N) is 2. The third-order valence-corrected chi connectivity index (χ3v) is 5.49. The first-order valence-electron chi connectivity index (χ1n) is 8.34. The molecule has 2 aromatic carbocycles. The molecule has 0 aliphatic heterocycles. The molecule has 0 saturated carbocycles. The summed E-state index contributed by atoms with van der Waals surface area (Å²) in [5, 5.41) is 5.77. The molecule has 2 amide bonds. The van der Waals surface area contributed by atoms with Crippen LogP contribution < -0.4 is 5.32 Å². The van der Waals surface area contributed by atoms with Gasteiger partial charge in [-0.3, -0.25) is 0 Å². The number of benzene rings is 2. The van der Waals surface area contributed by atoms with Gasteiger partial charge in [0.1, 0.15) is 5.69 Å². The number of imidazole rings is 1. The molecule has 4 rings (SSSR count).